The fourth-order valence-corrected chi connectivity index (χ4v) is 3.55. The van der Waals surface area contributed by atoms with Crippen molar-refractivity contribution < 1.29 is 14.2 Å². The first kappa shape index (κ1) is 17.9. The van der Waals surface area contributed by atoms with Crippen LogP contribution < -0.4 is 14.2 Å². The molecule has 0 spiro atoms. The van der Waals surface area contributed by atoms with Crippen LogP contribution in [0.4, 0.5) is 0 Å². The maximum atomic E-state index is 5.81. The van der Waals surface area contributed by atoms with Crippen LogP contribution in [-0.4, -0.2) is 26.3 Å². The number of pyridine rings is 1. The lowest BCUT2D eigenvalue weighted by molar-refractivity contribution is 0.327. The van der Waals surface area contributed by atoms with Gasteiger partial charge in [0.2, 0.25) is 5.75 Å². The van der Waals surface area contributed by atoms with Crippen molar-refractivity contribution in [1.82, 2.24) is 4.98 Å². The third-order valence-corrected chi connectivity index (χ3v) is 4.79. The largest absolute Gasteiger partial charge is 0.493 e. The Labute approximate surface area is 164 Å². The first-order chi connectivity index (χ1) is 13.8. The van der Waals surface area contributed by atoms with E-state index in [9.17, 15) is 0 Å². The minimum Gasteiger partial charge on any atom is -0.493 e. The minimum absolute atomic E-state index is 0.569. The van der Waals surface area contributed by atoms with E-state index in [1.54, 1.807) is 21.3 Å². The smallest absolute Gasteiger partial charge is 0.203 e. The number of ether oxygens (including phenoxy) is 3. The van der Waals surface area contributed by atoms with Crippen molar-refractivity contribution in [3.63, 3.8) is 0 Å². The Hall–Kier alpha value is -3.53. The minimum atomic E-state index is 0.569. The summed E-state index contributed by atoms with van der Waals surface area (Å²) in [5.41, 5.74) is 4.00. The summed E-state index contributed by atoms with van der Waals surface area (Å²) in [5, 5.41) is 1.87. The van der Waals surface area contributed by atoms with Crippen LogP contribution >= 0.6 is 0 Å². The molecule has 0 bridgehead atoms. The highest BCUT2D eigenvalue weighted by Crippen LogP contribution is 2.48. The highest BCUT2D eigenvalue weighted by atomic mass is 16.5. The van der Waals surface area contributed by atoms with E-state index in [0.717, 1.165) is 33.2 Å². The normalized spacial score (nSPS) is 10.7. The highest BCUT2D eigenvalue weighted by molar-refractivity contribution is 6.07. The topological polar surface area (TPSA) is 40.6 Å². The van der Waals surface area contributed by atoms with Crippen molar-refractivity contribution in [2.24, 2.45) is 0 Å². The van der Waals surface area contributed by atoms with E-state index in [-0.39, 0.29) is 0 Å². The maximum absolute atomic E-state index is 5.81. The summed E-state index contributed by atoms with van der Waals surface area (Å²) < 4.78 is 17.0. The van der Waals surface area contributed by atoms with Gasteiger partial charge in [-0.2, -0.15) is 0 Å². The zero-order chi connectivity index (χ0) is 19.5. The van der Waals surface area contributed by atoms with Crippen LogP contribution in [0.5, 0.6) is 17.2 Å². The van der Waals surface area contributed by atoms with Crippen LogP contribution in [0, 0.1) is 0 Å². The van der Waals surface area contributed by atoms with E-state index in [0.29, 0.717) is 17.2 Å². The van der Waals surface area contributed by atoms with Crippen LogP contribution in [0.3, 0.4) is 0 Å². The Morgan fingerprint density at radius 1 is 0.679 bits per heavy atom. The zero-order valence-corrected chi connectivity index (χ0v) is 16.1. The van der Waals surface area contributed by atoms with Gasteiger partial charge in [0.05, 0.1) is 27.0 Å². The predicted molar refractivity (Wildman–Crippen MR) is 112 cm³/mol. The van der Waals surface area contributed by atoms with Crippen molar-refractivity contribution in [1.29, 1.82) is 0 Å². The lowest BCUT2D eigenvalue weighted by atomic mass is 9.93. The van der Waals surface area contributed by atoms with Gasteiger partial charge in [-0.3, -0.25) is 4.98 Å². The fraction of sp³-hybridized carbons (Fsp3) is 0.125. The molecule has 28 heavy (non-hydrogen) atoms. The number of rotatable bonds is 5. The molecule has 4 rings (SSSR count). The van der Waals surface area contributed by atoms with E-state index in [1.165, 1.54) is 0 Å². The molecule has 0 unspecified atom stereocenters. The quantitative estimate of drug-likeness (QED) is 0.458. The molecule has 1 heterocycles. The second kappa shape index (κ2) is 7.61. The van der Waals surface area contributed by atoms with Gasteiger partial charge in [-0.05, 0) is 11.6 Å². The number of hydrogen-bond donors (Lipinski definition) is 0. The summed E-state index contributed by atoms with van der Waals surface area (Å²) in [6, 6.07) is 22.3. The Bertz CT molecular complexity index is 1110. The maximum Gasteiger partial charge on any atom is 0.203 e. The molecule has 4 nitrogen and oxygen atoms in total. The van der Waals surface area contributed by atoms with Crippen molar-refractivity contribution in [2.75, 3.05) is 21.3 Å². The van der Waals surface area contributed by atoms with E-state index >= 15 is 0 Å². The standard InChI is InChI=1S/C24H21NO3/c1-26-19-14-18-15-25-22(17-12-8-5-9-13-17)20(16-10-6-4-7-11-16)21(18)24(28-3)23(19)27-2/h4-15H,1-3H3. The van der Waals surface area contributed by atoms with E-state index in [4.69, 9.17) is 19.2 Å². The summed E-state index contributed by atoms with van der Waals surface area (Å²) in [6.07, 6.45) is 1.86. The summed E-state index contributed by atoms with van der Waals surface area (Å²) >= 11 is 0. The molecule has 0 radical (unpaired) electrons. The van der Waals surface area contributed by atoms with Crippen molar-refractivity contribution in [3.8, 4) is 39.6 Å². The summed E-state index contributed by atoms with van der Waals surface area (Å²) in [6.45, 7) is 0. The molecule has 0 amide bonds. The first-order valence-electron chi connectivity index (χ1n) is 9.01. The number of nitrogens with zero attached hydrogens (tertiary/aromatic N) is 1. The number of fused-ring (bicyclic) bond motifs is 1. The average Bonchev–Trinajstić information content (AvgIpc) is 2.77. The fourth-order valence-electron chi connectivity index (χ4n) is 3.55. The van der Waals surface area contributed by atoms with Gasteiger partial charge in [0.25, 0.3) is 0 Å². The van der Waals surface area contributed by atoms with Crippen molar-refractivity contribution >= 4 is 10.8 Å². The van der Waals surface area contributed by atoms with E-state index in [2.05, 4.69) is 24.3 Å². The molecule has 140 valence electrons. The number of methoxy groups -OCH3 is 3. The molecule has 0 atom stereocenters. The third kappa shape index (κ3) is 2.93. The molecule has 3 aromatic carbocycles. The Kier molecular flexibility index (Phi) is 4.85. The second-order valence-electron chi connectivity index (χ2n) is 6.32. The van der Waals surface area contributed by atoms with Gasteiger partial charge in [0.15, 0.2) is 11.5 Å². The monoisotopic (exact) mass is 371 g/mol. The van der Waals surface area contributed by atoms with Gasteiger partial charge in [0.1, 0.15) is 0 Å². The van der Waals surface area contributed by atoms with Gasteiger partial charge in [0, 0.05) is 28.1 Å². The van der Waals surface area contributed by atoms with Crippen LogP contribution in [0.2, 0.25) is 0 Å². The first-order valence-corrected chi connectivity index (χ1v) is 9.01. The van der Waals surface area contributed by atoms with E-state index in [1.807, 2.05) is 48.7 Å². The zero-order valence-electron chi connectivity index (χ0n) is 16.1. The van der Waals surface area contributed by atoms with Gasteiger partial charge in [-0.15, -0.1) is 0 Å². The summed E-state index contributed by atoms with van der Waals surface area (Å²) in [5.74, 6) is 1.82. The molecule has 0 saturated carbocycles. The number of hydrogen-bond acceptors (Lipinski definition) is 4. The molecule has 4 heteroatoms. The summed E-state index contributed by atoms with van der Waals surface area (Å²) in [4.78, 5) is 4.81. The molecule has 0 aliphatic rings. The molecular weight excluding hydrogens is 350 g/mol. The third-order valence-electron chi connectivity index (χ3n) is 4.79. The molecule has 0 fully saturated rings. The molecular formula is C24H21NO3. The Morgan fingerprint density at radius 2 is 1.29 bits per heavy atom. The molecule has 0 aliphatic carbocycles. The molecule has 0 saturated heterocycles. The number of benzene rings is 3. The predicted octanol–water partition coefficient (Wildman–Crippen LogP) is 5.59. The number of aromatic nitrogens is 1. The van der Waals surface area contributed by atoms with Crippen LogP contribution in [0.15, 0.2) is 72.9 Å². The Morgan fingerprint density at radius 3 is 1.86 bits per heavy atom. The molecule has 0 aliphatic heterocycles. The van der Waals surface area contributed by atoms with Crippen LogP contribution in [0.1, 0.15) is 0 Å². The highest BCUT2D eigenvalue weighted by Gasteiger charge is 2.22. The van der Waals surface area contributed by atoms with Gasteiger partial charge in [-0.1, -0.05) is 60.7 Å². The SMILES string of the molecule is COc1cc2cnc(-c3ccccc3)c(-c3ccccc3)c2c(OC)c1OC. The lowest BCUT2D eigenvalue weighted by Gasteiger charge is -2.19. The van der Waals surface area contributed by atoms with Crippen LogP contribution in [-0.2, 0) is 0 Å². The average molecular weight is 371 g/mol. The Balaban J connectivity index is 2.18. The molecule has 1 aromatic heterocycles. The molecule has 4 aromatic rings. The van der Waals surface area contributed by atoms with Crippen molar-refractivity contribution in [3.05, 3.63) is 72.9 Å². The van der Waals surface area contributed by atoms with Crippen molar-refractivity contribution in [2.45, 2.75) is 0 Å². The van der Waals surface area contributed by atoms with E-state index < -0.39 is 0 Å². The van der Waals surface area contributed by atoms with Gasteiger partial charge >= 0.3 is 0 Å². The summed E-state index contributed by atoms with van der Waals surface area (Å²) in [7, 11) is 4.88. The lowest BCUT2D eigenvalue weighted by Crippen LogP contribution is -1.99. The molecule has 0 N–H and O–H groups in total. The van der Waals surface area contributed by atoms with Crippen LogP contribution in [0.25, 0.3) is 33.2 Å². The van der Waals surface area contributed by atoms with Gasteiger partial charge in [-0.25, -0.2) is 0 Å². The second-order valence-corrected chi connectivity index (χ2v) is 6.32. The van der Waals surface area contributed by atoms with Gasteiger partial charge < -0.3 is 14.2 Å².